The van der Waals surface area contributed by atoms with Crippen molar-refractivity contribution in [2.24, 2.45) is 0 Å². The first-order chi connectivity index (χ1) is 17.0. The third-order valence-corrected chi connectivity index (χ3v) is 8.68. The summed E-state index contributed by atoms with van der Waals surface area (Å²) in [5.41, 5.74) is 9.03. The zero-order valence-electron chi connectivity index (χ0n) is 22.0. The average Bonchev–Trinajstić information content (AvgIpc) is 3.34. The van der Waals surface area contributed by atoms with Crippen LogP contribution in [-0.2, 0) is 0 Å². The SMILES string of the molecule is C[Si](C)(C)C#Cc1ccc([C@@H]2CN3CCC[C@H]3c3cc(OCCCN4CCCCC4)ccc32)cc1. The van der Waals surface area contributed by atoms with Crippen molar-refractivity contribution < 1.29 is 4.74 Å². The van der Waals surface area contributed by atoms with Crippen LogP contribution in [0.25, 0.3) is 0 Å². The van der Waals surface area contributed by atoms with Gasteiger partial charge in [-0.25, -0.2) is 0 Å². The number of nitrogens with zero attached hydrogens (tertiary/aromatic N) is 2. The summed E-state index contributed by atoms with van der Waals surface area (Å²) >= 11 is 0. The second-order valence-electron chi connectivity index (χ2n) is 11.7. The summed E-state index contributed by atoms with van der Waals surface area (Å²) in [5.74, 6) is 4.88. The van der Waals surface area contributed by atoms with E-state index in [1.165, 1.54) is 75.0 Å². The fourth-order valence-electron chi connectivity index (χ4n) is 5.98. The molecule has 2 atom stereocenters. The van der Waals surface area contributed by atoms with Gasteiger partial charge < -0.3 is 9.64 Å². The van der Waals surface area contributed by atoms with Crippen molar-refractivity contribution in [3.8, 4) is 17.2 Å². The first-order valence-corrected chi connectivity index (χ1v) is 17.3. The number of ether oxygens (including phenoxy) is 1. The molecule has 3 nitrogen and oxygen atoms in total. The lowest BCUT2D eigenvalue weighted by Gasteiger charge is -2.37. The molecule has 2 aromatic rings. The van der Waals surface area contributed by atoms with Crippen LogP contribution in [0.1, 0.15) is 72.7 Å². The van der Waals surface area contributed by atoms with E-state index < -0.39 is 8.07 Å². The van der Waals surface area contributed by atoms with E-state index in [0.717, 1.165) is 30.9 Å². The second-order valence-corrected chi connectivity index (χ2v) is 16.5. The molecule has 0 unspecified atom stereocenters. The molecular weight excluding hydrogens is 444 g/mol. The normalized spacial score (nSPS) is 22.7. The Morgan fingerprint density at radius 2 is 1.71 bits per heavy atom. The van der Waals surface area contributed by atoms with Crippen LogP contribution < -0.4 is 4.74 Å². The maximum Gasteiger partial charge on any atom is 0.129 e. The van der Waals surface area contributed by atoms with Gasteiger partial charge in [0.1, 0.15) is 13.8 Å². The minimum absolute atomic E-state index is 0.423. The van der Waals surface area contributed by atoms with Gasteiger partial charge in [-0.1, -0.05) is 50.2 Å². The number of hydrogen-bond donors (Lipinski definition) is 0. The Morgan fingerprint density at radius 1 is 0.914 bits per heavy atom. The molecule has 3 aliphatic rings. The topological polar surface area (TPSA) is 15.7 Å². The molecule has 186 valence electrons. The lowest BCUT2D eigenvalue weighted by atomic mass is 9.81. The third-order valence-electron chi connectivity index (χ3n) is 7.80. The summed E-state index contributed by atoms with van der Waals surface area (Å²) in [6, 6.07) is 16.5. The van der Waals surface area contributed by atoms with Crippen LogP contribution in [0.5, 0.6) is 5.75 Å². The molecule has 3 heterocycles. The largest absolute Gasteiger partial charge is 0.494 e. The van der Waals surface area contributed by atoms with Gasteiger partial charge in [0.15, 0.2) is 0 Å². The minimum atomic E-state index is -1.36. The fraction of sp³-hybridized carbons (Fsp3) is 0.548. The number of rotatable bonds is 6. The van der Waals surface area contributed by atoms with Crippen molar-refractivity contribution in [1.82, 2.24) is 9.80 Å². The Morgan fingerprint density at radius 3 is 2.49 bits per heavy atom. The molecule has 2 saturated heterocycles. The molecule has 0 aliphatic carbocycles. The Kier molecular flexibility index (Phi) is 7.67. The van der Waals surface area contributed by atoms with Crippen LogP contribution in [-0.4, -0.2) is 57.2 Å². The van der Waals surface area contributed by atoms with Gasteiger partial charge in [-0.3, -0.25) is 4.90 Å². The summed E-state index contributed by atoms with van der Waals surface area (Å²) in [6.07, 6.45) is 7.80. The van der Waals surface area contributed by atoms with Crippen LogP contribution in [0.4, 0.5) is 0 Å². The van der Waals surface area contributed by atoms with Crippen molar-refractivity contribution in [3.05, 3.63) is 64.7 Å². The highest BCUT2D eigenvalue weighted by Gasteiger charge is 2.36. The molecule has 35 heavy (non-hydrogen) atoms. The van der Waals surface area contributed by atoms with Gasteiger partial charge >= 0.3 is 0 Å². The van der Waals surface area contributed by atoms with Gasteiger partial charge in [-0.2, -0.15) is 0 Å². The van der Waals surface area contributed by atoms with Gasteiger partial charge in [0.25, 0.3) is 0 Å². The molecule has 4 heteroatoms. The fourth-order valence-corrected chi connectivity index (χ4v) is 6.50. The van der Waals surface area contributed by atoms with Crippen LogP contribution >= 0.6 is 0 Å². The van der Waals surface area contributed by atoms with E-state index in [4.69, 9.17) is 4.74 Å². The Balaban J connectivity index is 1.29. The van der Waals surface area contributed by atoms with Crippen molar-refractivity contribution in [2.45, 2.75) is 70.1 Å². The molecule has 0 aromatic heterocycles. The molecule has 0 radical (unpaired) electrons. The lowest BCUT2D eigenvalue weighted by Crippen LogP contribution is -2.34. The zero-order chi connectivity index (χ0) is 24.3. The van der Waals surface area contributed by atoms with Crippen molar-refractivity contribution >= 4 is 8.07 Å². The van der Waals surface area contributed by atoms with Crippen molar-refractivity contribution in [3.63, 3.8) is 0 Å². The van der Waals surface area contributed by atoms with Crippen LogP contribution in [0.3, 0.4) is 0 Å². The number of likely N-dealkylation sites (tertiary alicyclic amines) is 1. The molecule has 0 N–H and O–H groups in total. The molecule has 0 spiro atoms. The lowest BCUT2D eigenvalue weighted by molar-refractivity contribution is 0.204. The van der Waals surface area contributed by atoms with E-state index in [9.17, 15) is 0 Å². The summed E-state index contributed by atoms with van der Waals surface area (Å²) in [7, 11) is -1.36. The molecular formula is C31H42N2OSi. The highest BCUT2D eigenvalue weighted by molar-refractivity contribution is 6.83. The predicted octanol–water partition coefficient (Wildman–Crippen LogP) is 6.45. The summed E-state index contributed by atoms with van der Waals surface area (Å²) in [6.45, 7) is 13.7. The summed E-state index contributed by atoms with van der Waals surface area (Å²) in [4.78, 5) is 5.30. The highest BCUT2D eigenvalue weighted by atomic mass is 28.3. The Labute approximate surface area is 213 Å². The monoisotopic (exact) mass is 486 g/mol. The number of hydrogen-bond acceptors (Lipinski definition) is 3. The van der Waals surface area contributed by atoms with Gasteiger partial charge in [0.2, 0.25) is 0 Å². The summed E-state index contributed by atoms with van der Waals surface area (Å²) < 4.78 is 6.27. The van der Waals surface area contributed by atoms with Gasteiger partial charge in [-0.05, 0) is 92.7 Å². The second kappa shape index (κ2) is 10.9. The molecule has 0 bridgehead atoms. The third kappa shape index (κ3) is 6.20. The van der Waals surface area contributed by atoms with Crippen molar-refractivity contribution in [2.75, 3.05) is 39.3 Å². The average molecular weight is 487 g/mol. The molecule has 3 aliphatic heterocycles. The number of fused-ring (bicyclic) bond motifs is 3. The van der Waals surface area contributed by atoms with E-state index in [1.54, 1.807) is 0 Å². The van der Waals surface area contributed by atoms with E-state index in [2.05, 4.69) is 83.4 Å². The Bertz CT molecular complexity index is 1060. The summed E-state index contributed by atoms with van der Waals surface area (Å²) in [5, 5.41) is 0. The quantitative estimate of drug-likeness (QED) is 0.265. The van der Waals surface area contributed by atoms with E-state index in [0.29, 0.717) is 12.0 Å². The van der Waals surface area contributed by atoms with E-state index in [-0.39, 0.29) is 0 Å². The minimum Gasteiger partial charge on any atom is -0.494 e. The van der Waals surface area contributed by atoms with Gasteiger partial charge in [-0.15, -0.1) is 5.54 Å². The molecule has 0 amide bonds. The number of piperidine rings is 1. The van der Waals surface area contributed by atoms with Gasteiger partial charge in [0.05, 0.1) is 6.61 Å². The van der Waals surface area contributed by atoms with Crippen LogP contribution in [0.2, 0.25) is 19.6 Å². The standard InChI is InChI=1S/C31H42N2OSi/c1-35(2,3)22-16-25-10-12-26(13-11-25)30-24-33-20-7-9-31(33)29-23-27(14-15-28(29)30)34-21-8-19-32-17-5-4-6-18-32/h10-15,23,30-31H,4-9,17-21,24H2,1-3H3/t30-,31-/m0/s1. The molecule has 0 saturated carbocycles. The van der Waals surface area contributed by atoms with Crippen LogP contribution in [0.15, 0.2) is 42.5 Å². The maximum absolute atomic E-state index is 6.27. The van der Waals surface area contributed by atoms with E-state index >= 15 is 0 Å². The van der Waals surface area contributed by atoms with Gasteiger partial charge in [0, 0.05) is 30.6 Å². The molecule has 2 fully saturated rings. The number of benzene rings is 2. The van der Waals surface area contributed by atoms with E-state index in [1.807, 2.05) is 0 Å². The van der Waals surface area contributed by atoms with Crippen molar-refractivity contribution in [1.29, 1.82) is 0 Å². The zero-order valence-corrected chi connectivity index (χ0v) is 23.0. The predicted molar refractivity (Wildman–Crippen MR) is 149 cm³/mol. The smallest absolute Gasteiger partial charge is 0.129 e. The first kappa shape index (κ1) is 24.6. The maximum atomic E-state index is 6.27. The first-order valence-electron chi connectivity index (χ1n) is 13.8. The molecule has 5 rings (SSSR count). The Hall–Kier alpha value is -2.06. The highest BCUT2D eigenvalue weighted by Crippen LogP contribution is 2.45. The molecule has 2 aromatic carbocycles. The van der Waals surface area contributed by atoms with Crippen LogP contribution in [0, 0.1) is 11.5 Å².